The number of amides is 2. The van der Waals surface area contributed by atoms with E-state index in [1.807, 2.05) is 42.5 Å². The molecule has 2 heterocycles. The molecule has 1 unspecified atom stereocenters. The van der Waals surface area contributed by atoms with Crippen LogP contribution in [0.5, 0.6) is 0 Å². The maximum Gasteiger partial charge on any atom is 0.237 e. The molecule has 4 heteroatoms. The average Bonchev–Trinajstić information content (AvgIpc) is 3.01. The van der Waals surface area contributed by atoms with Crippen molar-refractivity contribution in [2.75, 3.05) is 18.1 Å². The van der Waals surface area contributed by atoms with Gasteiger partial charge in [-0.25, -0.2) is 0 Å². The van der Waals surface area contributed by atoms with Gasteiger partial charge in [-0.3, -0.25) is 14.5 Å². The van der Waals surface area contributed by atoms with Gasteiger partial charge >= 0.3 is 0 Å². The van der Waals surface area contributed by atoms with Crippen LogP contribution in [0.25, 0.3) is 6.08 Å². The van der Waals surface area contributed by atoms with Crippen LogP contribution in [0, 0.1) is 5.41 Å². The maximum atomic E-state index is 12.4. The first kappa shape index (κ1) is 13.4. The maximum absolute atomic E-state index is 12.4. The highest BCUT2D eigenvalue weighted by atomic mass is 32.2. The lowest BCUT2D eigenvalue weighted by Crippen LogP contribution is -2.35. The van der Waals surface area contributed by atoms with E-state index in [-0.39, 0.29) is 17.2 Å². The van der Waals surface area contributed by atoms with Crippen molar-refractivity contribution in [1.29, 1.82) is 0 Å². The normalized spacial score (nSPS) is 26.3. The van der Waals surface area contributed by atoms with E-state index in [0.29, 0.717) is 13.0 Å². The van der Waals surface area contributed by atoms with E-state index >= 15 is 0 Å². The summed E-state index contributed by atoms with van der Waals surface area (Å²) in [6, 6.07) is 9.90. The van der Waals surface area contributed by atoms with Crippen molar-refractivity contribution in [2.24, 2.45) is 5.41 Å². The van der Waals surface area contributed by atoms with Crippen molar-refractivity contribution in [3.63, 3.8) is 0 Å². The number of thioether (sulfide) groups is 1. The highest BCUT2D eigenvalue weighted by Crippen LogP contribution is 2.44. The van der Waals surface area contributed by atoms with Gasteiger partial charge in [0.1, 0.15) is 0 Å². The fraction of sp³-hybridized carbons (Fsp3) is 0.375. The highest BCUT2D eigenvalue weighted by Gasteiger charge is 2.52. The minimum absolute atomic E-state index is 0.0183. The molecule has 0 saturated carbocycles. The third kappa shape index (κ3) is 2.40. The Kier molecular flexibility index (Phi) is 3.66. The minimum atomic E-state index is -0.387. The highest BCUT2D eigenvalue weighted by molar-refractivity contribution is 7.99. The molecule has 1 aromatic rings. The van der Waals surface area contributed by atoms with Crippen LogP contribution in [0.15, 0.2) is 36.4 Å². The Balaban J connectivity index is 1.67. The fourth-order valence-electron chi connectivity index (χ4n) is 2.82. The van der Waals surface area contributed by atoms with Gasteiger partial charge in [0.25, 0.3) is 0 Å². The summed E-state index contributed by atoms with van der Waals surface area (Å²) in [4.78, 5) is 25.9. The van der Waals surface area contributed by atoms with Crippen LogP contribution in [0.1, 0.15) is 18.4 Å². The second-order valence-corrected chi connectivity index (χ2v) is 6.49. The Labute approximate surface area is 123 Å². The van der Waals surface area contributed by atoms with Gasteiger partial charge < -0.3 is 0 Å². The van der Waals surface area contributed by atoms with Gasteiger partial charge in [-0.15, -0.1) is 0 Å². The Hall–Kier alpha value is -1.55. The number of carbonyl (C=O) groups is 2. The average molecular weight is 287 g/mol. The molecule has 3 nitrogen and oxygen atoms in total. The third-order valence-corrected chi connectivity index (χ3v) is 5.24. The van der Waals surface area contributed by atoms with Crippen molar-refractivity contribution in [2.45, 2.75) is 12.8 Å². The topological polar surface area (TPSA) is 37.4 Å². The Morgan fingerprint density at radius 2 is 2.05 bits per heavy atom. The smallest absolute Gasteiger partial charge is 0.237 e. The van der Waals surface area contributed by atoms with Crippen molar-refractivity contribution in [1.82, 2.24) is 4.90 Å². The predicted octanol–water partition coefficient (Wildman–Crippen LogP) is 2.58. The van der Waals surface area contributed by atoms with E-state index in [1.165, 1.54) is 4.90 Å². The van der Waals surface area contributed by atoms with E-state index in [2.05, 4.69) is 0 Å². The molecule has 2 aliphatic rings. The number of imide groups is 1. The quantitative estimate of drug-likeness (QED) is 0.802. The van der Waals surface area contributed by atoms with E-state index in [4.69, 9.17) is 0 Å². The summed E-state index contributed by atoms with van der Waals surface area (Å²) in [5, 5.41) is 0. The number of hydrogen-bond donors (Lipinski definition) is 0. The second-order valence-electron chi connectivity index (χ2n) is 5.38. The summed E-state index contributed by atoms with van der Waals surface area (Å²) < 4.78 is 0. The van der Waals surface area contributed by atoms with Gasteiger partial charge in [0.15, 0.2) is 0 Å². The zero-order chi connectivity index (χ0) is 14.0. The molecule has 2 saturated heterocycles. The van der Waals surface area contributed by atoms with E-state index < -0.39 is 0 Å². The first-order chi connectivity index (χ1) is 9.71. The predicted molar refractivity (Wildman–Crippen MR) is 81.2 cm³/mol. The van der Waals surface area contributed by atoms with Crippen molar-refractivity contribution < 1.29 is 9.59 Å². The molecule has 20 heavy (non-hydrogen) atoms. The first-order valence-corrected chi connectivity index (χ1v) is 8.01. The molecule has 2 amide bonds. The van der Waals surface area contributed by atoms with Crippen LogP contribution < -0.4 is 0 Å². The Bertz CT molecular complexity index is 547. The molecule has 0 aromatic heterocycles. The number of likely N-dealkylation sites (tertiary alicyclic amines) is 1. The standard InChI is InChI=1S/C16H17NO2S/c18-14-11-16(8-10-20-12-16)15(19)17(14)9-4-7-13-5-2-1-3-6-13/h1-7H,8-12H2/b7-4+. The number of benzene rings is 1. The molecule has 3 rings (SSSR count). The molecule has 104 valence electrons. The molecule has 0 radical (unpaired) electrons. The van der Waals surface area contributed by atoms with Crippen LogP contribution in [0.4, 0.5) is 0 Å². The minimum Gasteiger partial charge on any atom is -0.278 e. The van der Waals surface area contributed by atoms with E-state index in [9.17, 15) is 9.59 Å². The van der Waals surface area contributed by atoms with Gasteiger partial charge in [0, 0.05) is 18.7 Å². The number of carbonyl (C=O) groups excluding carboxylic acids is 2. The Morgan fingerprint density at radius 1 is 1.25 bits per heavy atom. The lowest BCUT2D eigenvalue weighted by atomic mass is 9.86. The number of nitrogens with zero attached hydrogens (tertiary/aromatic N) is 1. The summed E-state index contributed by atoms with van der Waals surface area (Å²) in [7, 11) is 0. The lowest BCUT2D eigenvalue weighted by molar-refractivity contribution is -0.140. The summed E-state index contributed by atoms with van der Waals surface area (Å²) in [6.45, 7) is 0.388. The SMILES string of the molecule is O=C1CC2(CCSC2)C(=O)N1C/C=C/c1ccccc1. The monoisotopic (exact) mass is 287 g/mol. The van der Waals surface area contributed by atoms with Gasteiger partial charge in [0.2, 0.25) is 11.8 Å². The molecular formula is C16H17NO2S. The van der Waals surface area contributed by atoms with Crippen molar-refractivity contribution in [3.8, 4) is 0 Å². The van der Waals surface area contributed by atoms with Crippen molar-refractivity contribution in [3.05, 3.63) is 42.0 Å². The number of rotatable bonds is 3. The molecule has 1 spiro atoms. The van der Waals surface area contributed by atoms with Crippen LogP contribution in [-0.4, -0.2) is 34.8 Å². The molecule has 2 aliphatic heterocycles. The summed E-state index contributed by atoms with van der Waals surface area (Å²) in [5.74, 6) is 1.81. The molecule has 0 N–H and O–H groups in total. The van der Waals surface area contributed by atoms with Crippen LogP contribution >= 0.6 is 11.8 Å². The van der Waals surface area contributed by atoms with Gasteiger partial charge in [-0.1, -0.05) is 42.5 Å². The van der Waals surface area contributed by atoms with Gasteiger partial charge in [-0.05, 0) is 17.7 Å². The van der Waals surface area contributed by atoms with Crippen LogP contribution in [0.3, 0.4) is 0 Å². The Morgan fingerprint density at radius 3 is 2.75 bits per heavy atom. The number of hydrogen-bond acceptors (Lipinski definition) is 3. The molecule has 2 fully saturated rings. The van der Waals surface area contributed by atoms with E-state index in [1.54, 1.807) is 11.8 Å². The largest absolute Gasteiger partial charge is 0.278 e. The zero-order valence-electron chi connectivity index (χ0n) is 11.2. The van der Waals surface area contributed by atoms with Crippen LogP contribution in [-0.2, 0) is 9.59 Å². The molecule has 0 aliphatic carbocycles. The third-order valence-electron chi connectivity index (χ3n) is 3.99. The molecular weight excluding hydrogens is 270 g/mol. The lowest BCUT2D eigenvalue weighted by Gasteiger charge is -2.19. The molecule has 0 bridgehead atoms. The summed E-state index contributed by atoms with van der Waals surface area (Å²) in [6.07, 6.45) is 5.10. The van der Waals surface area contributed by atoms with Gasteiger partial charge in [-0.2, -0.15) is 11.8 Å². The molecule has 1 atom stereocenters. The van der Waals surface area contributed by atoms with Gasteiger partial charge in [0.05, 0.1) is 5.41 Å². The van der Waals surface area contributed by atoms with Crippen LogP contribution in [0.2, 0.25) is 0 Å². The zero-order valence-corrected chi connectivity index (χ0v) is 12.1. The summed E-state index contributed by atoms with van der Waals surface area (Å²) in [5.41, 5.74) is 0.695. The van der Waals surface area contributed by atoms with E-state index in [0.717, 1.165) is 23.5 Å². The van der Waals surface area contributed by atoms with Crippen molar-refractivity contribution >= 4 is 29.7 Å². The fourth-order valence-corrected chi connectivity index (χ4v) is 4.26. The first-order valence-electron chi connectivity index (χ1n) is 6.85. The summed E-state index contributed by atoms with van der Waals surface area (Å²) >= 11 is 1.78. The molecule has 1 aromatic carbocycles. The second kappa shape index (κ2) is 5.44.